The number of ether oxygens (including phenoxy) is 1. The lowest BCUT2D eigenvalue weighted by atomic mass is 9.97. The van der Waals surface area contributed by atoms with E-state index < -0.39 is 0 Å². The fraction of sp³-hybridized carbons (Fsp3) is 0.619. The Kier molecular flexibility index (Phi) is 8.58. The molecule has 2 aliphatic heterocycles. The third kappa shape index (κ3) is 5.85. The summed E-state index contributed by atoms with van der Waals surface area (Å²) < 4.78 is 5.67. The van der Waals surface area contributed by atoms with Crippen molar-refractivity contribution in [1.29, 1.82) is 0 Å². The quantitative estimate of drug-likeness (QED) is 0.784. The van der Waals surface area contributed by atoms with Crippen LogP contribution in [0.15, 0.2) is 24.3 Å². The molecule has 2 unspecified atom stereocenters. The van der Waals surface area contributed by atoms with E-state index in [1.54, 1.807) is 24.3 Å². The molecule has 2 atom stereocenters. The van der Waals surface area contributed by atoms with Crippen LogP contribution >= 0.6 is 12.4 Å². The van der Waals surface area contributed by atoms with Gasteiger partial charge in [0.15, 0.2) is 6.61 Å². The van der Waals surface area contributed by atoms with E-state index in [2.05, 4.69) is 24.5 Å². The molecule has 2 amide bonds. The van der Waals surface area contributed by atoms with Crippen molar-refractivity contribution in [3.8, 4) is 5.75 Å². The minimum Gasteiger partial charge on any atom is -0.484 e. The van der Waals surface area contributed by atoms with Crippen molar-refractivity contribution < 1.29 is 14.3 Å². The van der Waals surface area contributed by atoms with E-state index in [1.165, 1.54) is 6.42 Å². The normalized spacial score (nSPS) is 22.9. The molecule has 7 heteroatoms. The standard InChI is InChI=1S/C21H31N3O3.ClH/c1-15-4-3-5-16(2)24(15)20(25)14-27-19-8-6-17(7-9-19)21(26)23-18-10-12-22-13-11-18;/h6-9,15-16,18,22H,3-5,10-14H2,1-2H3,(H,23,26);1H. The maximum absolute atomic E-state index is 12.5. The van der Waals surface area contributed by atoms with Gasteiger partial charge in [0, 0.05) is 23.7 Å². The molecule has 0 bridgehead atoms. The Morgan fingerprint density at radius 3 is 2.29 bits per heavy atom. The zero-order valence-corrected chi connectivity index (χ0v) is 17.6. The predicted molar refractivity (Wildman–Crippen MR) is 112 cm³/mol. The minimum atomic E-state index is -0.0551. The number of rotatable bonds is 5. The van der Waals surface area contributed by atoms with E-state index in [0.717, 1.165) is 38.8 Å². The fourth-order valence-electron chi connectivity index (χ4n) is 4.07. The van der Waals surface area contributed by atoms with E-state index >= 15 is 0 Å². The molecule has 1 aromatic rings. The molecular formula is C21H32ClN3O3. The van der Waals surface area contributed by atoms with Crippen LogP contribution in [0.3, 0.4) is 0 Å². The molecule has 1 aromatic carbocycles. The van der Waals surface area contributed by atoms with E-state index in [9.17, 15) is 9.59 Å². The average molecular weight is 410 g/mol. The highest BCUT2D eigenvalue weighted by Gasteiger charge is 2.29. The van der Waals surface area contributed by atoms with Crippen LogP contribution < -0.4 is 15.4 Å². The molecule has 0 aliphatic carbocycles. The predicted octanol–water partition coefficient (Wildman–Crippen LogP) is 2.76. The van der Waals surface area contributed by atoms with Crippen molar-refractivity contribution in [2.45, 2.75) is 64.1 Å². The number of carbonyl (C=O) groups excluding carboxylic acids is 2. The Morgan fingerprint density at radius 2 is 1.68 bits per heavy atom. The van der Waals surface area contributed by atoms with Crippen LogP contribution in [-0.2, 0) is 4.79 Å². The Labute approximate surface area is 173 Å². The van der Waals surface area contributed by atoms with Gasteiger partial charge in [-0.05, 0) is 83.3 Å². The highest BCUT2D eigenvalue weighted by atomic mass is 35.5. The Balaban J connectivity index is 0.00000280. The fourth-order valence-corrected chi connectivity index (χ4v) is 4.07. The number of nitrogens with zero attached hydrogens (tertiary/aromatic N) is 1. The van der Waals surface area contributed by atoms with E-state index in [4.69, 9.17) is 4.74 Å². The largest absolute Gasteiger partial charge is 0.484 e. The third-order valence-corrected chi connectivity index (χ3v) is 5.63. The summed E-state index contributed by atoms with van der Waals surface area (Å²) >= 11 is 0. The summed E-state index contributed by atoms with van der Waals surface area (Å²) in [6, 6.07) is 7.80. The van der Waals surface area contributed by atoms with Crippen LogP contribution in [0.4, 0.5) is 0 Å². The molecule has 28 heavy (non-hydrogen) atoms. The van der Waals surface area contributed by atoms with Crippen LogP contribution in [0.1, 0.15) is 56.3 Å². The number of amides is 2. The van der Waals surface area contributed by atoms with Gasteiger partial charge >= 0.3 is 0 Å². The summed E-state index contributed by atoms with van der Waals surface area (Å²) in [7, 11) is 0. The zero-order valence-electron chi connectivity index (χ0n) is 16.8. The Morgan fingerprint density at radius 1 is 1.07 bits per heavy atom. The Hall–Kier alpha value is -1.79. The van der Waals surface area contributed by atoms with Crippen molar-refractivity contribution in [3.63, 3.8) is 0 Å². The summed E-state index contributed by atoms with van der Waals surface area (Å²) in [5.74, 6) is 0.585. The Bertz CT molecular complexity index is 637. The summed E-state index contributed by atoms with van der Waals surface area (Å²) in [6.07, 6.45) is 5.20. The first-order chi connectivity index (χ1) is 13.0. The van der Waals surface area contributed by atoms with Gasteiger partial charge in [0.25, 0.3) is 11.8 Å². The second kappa shape index (κ2) is 10.7. The third-order valence-electron chi connectivity index (χ3n) is 5.63. The molecule has 0 aromatic heterocycles. The van der Waals surface area contributed by atoms with Gasteiger partial charge in [0.1, 0.15) is 5.75 Å². The number of hydrogen-bond acceptors (Lipinski definition) is 4. The van der Waals surface area contributed by atoms with Gasteiger partial charge < -0.3 is 20.3 Å². The van der Waals surface area contributed by atoms with Crippen molar-refractivity contribution in [1.82, 2.24) is 15.5 Å². The van der Waals surface area contributed by atoms with Gasteiger partial charge in [-0.1, -0.05) is 0 Å². The summed E-state index contributed by atoms with van der Waals surface area (Å²) in [5, 5.41) is 6.37. The molecule has 156 valence electrons. The van der Waals surface area contributed by atoms with Gasteiger partial charge in [-0.15, -0.1) is 12.4 Å². The number of hydrogen-bond donors (Lipinski definition) is 2. The molecule has 2 N–H and O–H groups in total. The lowest BCUT2D eigenvalue weighted by Crippen LogP contribution is -2.49. The molecule has 0 spiro atoms. The van der Waals surface area contributed by atoms with Crippen LogP contribution in [0.2, 0.25) is 0 Å². The van der Waals surface area contributed by atoms with Gasteiger partial charge in [0.2, 0.25) is 0 Å². The van der Waals surface area contributed by atoms with Gasteiger partial charge in [0.05, 0.1) is 0 Å². The number of nitrogens with one attached hydrogen (secondary N) is 2. The van der Waals surface area contributed by atoms with Crippen LogP contribution in [0.5, 0.6) is 5.75 Å². The first-order valence-corrected chi connectivity index (χ1v) is 10.1. The first kappa shape index (κ1) is 22.5. The second-order valence-corrected chi connectivity index (χ2v) is 7.74. The molecular weight excluding hydrogens is 378 g/mol. The molecule has 2 heterocycles. The molecule has 2 aliphatic rings. The lowest BCUT2D eigenvalue weighted by Gasteiger charge is -2.38. The lowest BCUT2D eigenvalue weighted by molar-refractivity contribution is -0.139. The number of halogens is 1. The number of carbonyl (C=O) groups is 2. The number of likely N-dealkylation sites (tertiary alicyclic amines) is 1. The smallest absolute Gasteiger partial charge is 0.260 e. The molecule has 2 fully saturated rings. The maximum atomic E-state index is 12.5. The summed E-state index contributed by atoms with van der Waals surface area (Å²) in [6.45, 7) is 6.13. The zero-order chi connectivity index (χ0) is 19.2. The summed E-state index contributed by atoms with van der Waals surface area (Å²) in [4.78, 5) is 26.8. The topological polar surface area (TPSA) is 70.7 Å². The average Bonchev–Trinajstić information content (AvgIpc) is 2.67. The monoisotopic (exact) mass is 409 g/mol. The van der Waals surface area contributed by atoms with Crippen molar-refractivity contribution in [3.05, 3.63) is 29.8 Å². The van der Waals surface area contributed by atoms with Gasteiger partial charge in [-0.25, -0.2) is 0 Å². The molecule has 3 rings (SSSR count). The van der Waals surface area contributed by atoms with Gasteiger partial charge in [-0.2, -0.15) is 0 Å². The minimum absolute atomic E-state index is 0. The molecule has 2 saturated heterocycles. The SMILES string of the molecule is CC1CCCC(C)N1C(=O)COc1ccc(C(=O)NC2CCNCC2)cc1.Cl. The van der Waals surface area contributed by atoms with Crippen molar-refractivity contribution in [2.24, 2.45) is 0 Å². The van der Waals surface area contributed by atoms with E-state index in [1.807, 2.05) is 4.90 Å². The maximum Gasteiger partial charge on any atom is 0.260 e. The van der Waals surface area contributed by atoms with Crippen LogP contribution in [0, 0.1) is 0 Å². The first-order valence-electron chi connectivity index (χ1n) is 10.1. The molecule has 6 nitrogen and oxygen atoms in total. The van der Waals surface area contributed by atoms with Crippen LogP contribution in [-0.4, -0.2) is 54.5 Å². The van der Waals surface area contributed by atoms with E-state index in [-0.39, 0.29) is 49.0 Å². The molecule has 0 saturated carbocycles. The second-order valence-electron chi connectivity index (χ2n) is 7.74. The van der Waals surface area contributed by atoms with Crippen molar-refractivity contribution in [2.75, 3.05) is 19.7 Å². The highest BCUT2D eigenvalue weighted by molar-refractivity contribution is 5.94. The van der Waals surface area contributed by atoms with Gasteiger partial charge in [-0.3, -0.25) is 9.59 Å². The van der Waals surface area contributed by atoms with Crippen LogP contribution in [0.25, 0.3) is 0 Å². The summed E-state index contributed by atoms with van der Waals surface area (Å²) in [5.41, 5.74) is 0.616. The number of piperidine rings is 2. The highest BCUT2D eigenvalue weighted by Crippen LogP contribution is 2.23. The number of benzene rings is 1. The molecule has 0 radical (unpaired) electrons. The van der Waals surface area contributed by atoms with E-state index in [0.29, 0.717) is 11.3 Å². The van der Waals surface area contributed by atoms with Crippen molar-refractivity contribution >= 4 is 24.2 Å².